The van der Waals surface area contributed by atoms with Gasteiger partial charge in [-0.1, -0.05) is 23.7 Å². The molecule has 0 atom stereocenters. The predicted molar refractivity (Wildman–Crippen MR) is 117 cm³/mol. The average Bonchev–Trinajstić information content (AvgIpc) is 2.78. The van der Waals surface area contributed by atoms with E-state index >= 15 is 0 Å². The van der Waals surface area contributed by atoms with Gasteiger partial charge in [0.2, 0.25) is 10.0 Å². The molecule has 0 unspecified atom stereocenters. The Morgan fingerprint density at radius 3 is 2.52 bits per heavy atom. The van der Waals surface area contributed by atoms with Gasteiger partial charge in [-0.05, 0) is 43.3 Å². The number of halogens is 1. The molecule has 0 radical (unpaired) electrons. The minimum atomic E-state index is -3.81. The zero-order valence-electron chi connectivity index (χ0n) is 16.7. The lowest BCUT2D eigenvalue weighted by Gasteiger charge is -2.34. The maximum absolute atomic E-state index is 13.1. The average molecular weight is 455 g/mol. The van der Waals surface area contributed by atoms with E-state index in [2.05, 4.69) is 4.98 Å². The number of amides is 1. The Balaban J connectivity index is 1.54. The van der Waals surface area contributed by atoms with Crippen LogP contribution in [0.1, 0.15) is 21.6 Å². The second-order valence-electron chi connectivity index (χ2n) is 7.26. The number of carbonyl (C=O) groups is 1. The lowest BCUT2D eigenvalue weighted by Crippen LogP contribution is -2.50. The number of benzene rings is 2. The van der Waals surface area contributed by atoms with E-state index in [1.54, 1.807) is 42.2 Å². The number of pyridine rings is 1. The molecule has 0 aliphatic carbocycles. The number of aromatic nitrogens is 1. The SMILES string of the molecule is Cc1nc2ccc(Cl)cc2cc1C(=O)N1CCN(S(=O)(=O)c2ccccc2C#N)CC1. The highest BCUT2D eigenvalue weighted by atomic mass is 35.5. The molecule has 1 fully saturated rings. The fourth-order valence-corrected chi connectivity index (χ4v) is 5.43. The molecule has 7 nitrogen and oxygen atoms in total. The van der Waals surface area contributed by atoms with Gasteiger partial charge in [0.15, 0.2) is 0 Å². The number of carbonyl (C=O) groups excluding carboxylic acids is 1. The van der Waals surface area contributed by atoms with Gasteiger partial charge in [-0.15, -0.1) is 0 Å². The molecule has 1 saturated heterocycles. The van der Waals surface area contributed by atoms with E-state index in [0.29, 0.717) is 16.3 Å². The van der Waals surface area contributed by atoms with E-state index in [0.717, 1.165) is 10.9 Å². The molecule has 0 N–H and O–H groups in total. The molecule has 31 heavy (non-hydrogen) atoms. The fraction of sp³-hybridized carbons (Fsp3) is 0.227. The molecule has 1 aliphatic rings. The van der Waals surface area contributed by atoms with Crippen LogP contribution in [0.5, 0.6) is 0 Å². The van der Waals surface area contributed by atoms with Crippen LogP contribution in [-0.2, 0) is 10.0 Å². The van der Waals surface area contributed by atoms with Gasteiger partial charge in [-0.2, -0.15) is 9.57 Å². The first-order valence-electron chi connectivity index (χ1n) is 9.67. The molecule has 158 valence electrons. The number of nitrogens with zero attached hydrogens (tertiary/aromatic N) is 4. The van der Waals surface area contributed by atoms with Crippen LogP contribution in [0.3, 0.4) is 0 Å². The molecule has 4 rings (SSSR count). The van der Waals surface area contributed by atoms with E-state index in [-0.39, 0.29) is 42.5 Å². The van der Waals surface area contributed by atoms with Crippen molar-refractivity contribution in [3.63, 3.8) is 0 Å². The third-order valence-electron chi connectivity index (χ3n) is 5.35. The van der Waals surface area contributed by atoms with Crippen molar-refractivity contribution in [2.24, 2.45) is 0 Å². The first kappa shape index (κ1) is 21.2. The Kier molecular flexibility index (Phi) is 5.67. The van der Waals surface area contributed by atoms with Gasteiger partial charge in [0, 0.05) is 36.6 Å². The number of sulfonamides is 1. The minimum absolute atomic E-state index is 0.0104. The van der Waals surface area contributed by atoms with Crippen molar-refractivity contribution >= 4 is 38.4 Å². The summed E-state index contributed by atoms with van der Waals surface area (Å²) in [6.07, 6.45) is 0. The van der Waals surface area contributed by atoms with Gasteiger partial charge in [-0.25, -0.2) is 8.42 Å². The van der Waals surface area contributed by atoms with Crippen LogP contribution in [0.2, 0.25) is 5.02 Å². The van der Waals surface area contributed by atoms with Crippen molar-refractivity contribution in [1.82, 2.24) is 14.2 Å². The zero-order valence-corrected chi connectivity index (χ0v) is 18.3. The first-order chi connectivity index (χ1) is 14.8. The first-order valence-corrected chi connectivity index (χ1v) is 11.5. The van der Waals surface area contributed by atoms with Crippen molar-refractivity contribution in [1.29, 1.82) is 5.26 Å². The van der Waals surface area contributed by atoms with Gasteiger partial charge < -0.3 is 4.90 Å². The van der Waals surface area contributed by atoms with E-state index < -0.39 is 10.0 Å². The molecule has 1 aromatic heterocycles. The normalized spacial score (nSPS) is 15.1. The summed E-state index contributed by atoms with van der Waals surface area (Å²) in [5.74, 6) is -0.193. The number of hydrogen-bond acceptors (Lipinski definition) is 5. The van der Waals surface area contributed by atoms with Crippen molar-refractivity contribution in [3.05, 3.63) is 70.4 Å². The largest absolute Gasteiger partial charge is 0.336 e. The van der Waals surface area contributed by atoms with Crippen LogP contribution in [0.15, 0.2) is 53.4 Å². The van der Waals surface area contributed by atoms with Crippen molar-refractivity contribution < 1.29 is 13.2 Å². The minimum Gasteiger partial charge on any atom is -0.336 e. The smallest absolute Gasteiger partial charge is 0.255 e. The monoisotopic (exact) mass is 454 g/mol. The molecule has 9 heteroatoms. The van der Waals surface area contributed by atoms with Crippen LogP contribution in [-0.4, -0.2) is 54.7 Å². The molecule has 1 amide bonds. The van der Waals surface area contributed by atoms with Crippen LogP contribution < -0.4 is 0 Å². The second kappa shape index (κ2) is 8.27. The van der Waals surface area contributed by atoms with Gasteiger partial charge in [0.1, 0.15) is 6.07 Å². The molecule has 0 spiro atoms. The standard InChI is InChI=1S/C22H19ClN4O3S/c1-15-19(13-17-12-18(23)6-7-20(17)25-15)22(28)26-8-10-27(11-9-26)31(29,30)21-5-3-2-4-16(21)14-24/h2-7,12-13H,8-11H2,1H3. The molecule has 2 aromatic carbocycles. The summed E-state index contributed by atoms with van der Waals surface area (Å²) in [7, 11) is -3.81. The molecular weight excluding hydrogens is 436 g/mol. The Bertz CT molecular complexity index is 1330. The van der Waals surface area contributed by atoms with Crippen molar-refractivity contribution in [3.8, 4) is 6.07 Å². The Hall–Kier alpha value is -2.99. The maximum atomic E-state index is 13.1. The topological polar surface area (TPSA) is 94.4 Å². The summed E-state index contributed by atoms with van der Waals surface area (Å²) < 4.78 is 27.3. The summed E-state index contributed by atoms with van der Waals surface area (Å²) >= 11 is 6.06. The molecule has 3 aromatic rings. The van der Waals surface area contributed by atoms with Crippen LogP contribution >= 0.6 is 11.6 Å². The Labute approximate surface area is 185 Å². The third kappa shape index (κ3) is 4.00. The molecule has 0 bridgehead atoms. The summed E-state index contributed by atoms with van der Waals surface area (Å²) in [5, 5.41) is 10.6. The Morgan fingerprint density at radius 2 is 1.81 bits per heavy atom. The lowest BCUT2D eigenvalue weighted by atomic mass is 10.1. The zero-order chi connectivity index (χ0) is 22.2. The second-order valence-corrected chi connectivity index (χ2v) is 9.61. The van der Waals surface area contributed by atoms with Crippen molar-refractivity contribution in [2.75, 3.05) is 26.2 Å². The van der Waals surface area contributed by atoms with Gasteiger partial charge in [0.25, 0.3) is 5.91 Å². The van der Waals surface area contributed by atoms with Crippen LogP contribution in [0, 0.1) is 18.3 Å². The number of aryl methyl sites for hydroxylation is 1. The summed E-state index contributed by atoms with van der Waals surface area (Å²) in [4.78, 5) is 19.2. The van der Waals surface area contributed by atoms with Crippen LogP contribution in [0.25, 0.3) is 10.9 Å². The molecule has 2 heterocycles. The third-order valence-corrected chi connectivity index (χ3v) is 7.54. The quantitative estimate of drug-likeness (QED) is 0.605. The van der Waals surface area contributed by atoms with E-state index in [1.165, 1.54) is 16.4 Å². The lowest BCUT2D eigenvalue weighted by molar-refractivity contribution is 0.0697. The highest BCUT2D eigenvalue weighted by molar-refractivity contribution is 7.89. The van der Waals surface area contributed by atoms with Gasteiger partial charge in [0.05, 0.1) is 27.2 Å². The van der Waals surface area contributed by atoms with E-state index in [9.17, 15) is 18.5 Å². The number of rotatable bonds is 3. The summed E-state index contributed by atoms with van der Waals surface area (Å²) in [6, 6.07) is 15.2. The fourth-order valence-electron chi connectivity index (χ4n) is 3.69. The summed E-state index contributed by atoms with van der Waals surface area (Å²) in [6.45, 7) is 2.58. The summed E-state index contributed by atoms with van der Waals surface area (Å²) in [5.41, 5.74) is 1.95. The van der Waals surface area contributed by atoms with Crippen molar-refractivity contribution in [2.45, 2.75) is 11.8 Å². The molecular formula is C22H19ClN4O3S. The van der Waals surface area contributed by atoms with Gasteiger partial charge >= 0.3 is 0 Å². The predicted octanol–water partition coefficient (Wildman–Crippen LogP) is 3.22. The number of hydrogen-bond donors (Lipinski definition) is 0. The highest BCUT2D eigenvalue weighted by Crippen LogP contribution is 2.24. The molecule has 1 aliphatic heterocycles. The number of nitriles is 1. The van der Waals surface area contributed by atoms with E-state index in [1.807, 2.05) is 12.1 Å². The maximum Gasteiger partial charge on any atom is 0.255 e. The number of fused-ring (bicyclic) bond motifs is 1. The molecule has 0 saturated carbocycles. The number of piperazine rings is 1. The van der Waals surface area contributed by atoms with E-state index in [4.69, 9.17) is 11.6 Å². The van der Waals surface area contributed by atoms with Crippen LogP contribution in [0.4, 0.5) is 0 Å². The Morgan fingerprint density at radius 1 is 1.10 bits per heavy atom. The van der Waals surface area contributed by atoms with Gasteiger partial charge in [-0.3, -0.25) is 9.78 Å². The highest BCUT2D eigenvalue weighted by Gasteiger charge is 2.32.